The number of nitrogens with one attached hydrogen (secondary N) is 1. The normalized spacial score (nSPS) is 20.6. The first kappa shape index (κ1) is 9.72. The average Bonchev–Trinajstić information content (AvgIpc) is 2.16. The van der Waals surface area contributed by atoms with Crippen LogP contribution in [0, 0.1) is 13.8 Å². The summed E-state index contributed by atoms with van der Waals surface area (Å²) in [5, 5.41) is 3.59. The van der Waals surface area contributed by atoms with Gasteiger partial charge in [-0.1, -0.05) is 24.6 Å². The topological polar surface area (TPSA) is 12.0 Å². The number of benzene rings is 1. The summed E-state index contributed by atoms with van der Waals surface area (Å²) in [5.74, 6) is 0. The number of aryl methyl sites for hydroxylation is 2. The maximum absolute atomic E-state index is 3.59. The lowest BCUT2D eigenvalue weighted by molar-refractivity contribution is 0.466. The minimum absolute atomic E-state index is 0.684. The lowest BCUT2D eigenvalue weighted by Gasteiger charge is -2.27. The molecule has 1 aliphatic rings. The summed E-state index contributed by atoms with van der Waals surface area (Å²) in [5.41, 5.74) is 5.94. The second kappa shape index (κ2) is 3.74. The van der Waals surface area contributed by atoms with Gasteiger partial charge >= 0.3 is 0 Å². The van der Waals surface area contributed by atoms with Gasteiger partial charge in [0, 0.05) is 12.6 Å². The van der Waals surface area contributed by atoms with Crippen molar-refractivity contribution in [1.29, 1.82) is 0 Å². The van der Waals surface area contributed by atoms with E-state index >= 15 is 0 Å². The van der Waals surface area contributed by atoms with Crippen molar-refractivity contribution in [3.63, 3.8) is 0 Å². The number of hydrogen-bond donors (Lipinski definition) is 1. The Bertz CT molecular complexity index is 341. The van der Waals surface area contributed by atoms with Gasteiger partial charge in [-0.05, 0) is 43.4 Å². The zero-order chi connectivity index (χ0) is 10.1. The van der Waals surface area contributed by atoms with Crippen molar-refractivity contribution in [3.05, 3.63) is 34.4 Å². The lowest BCUT2D eigenvalue weighted by Crippen LogP contribution is -2.35. The monoisotopic (exact) mass is 189 g/mol. The van der Waals surface area contributed by atoms with E-state index in [0.717, 1.165) is 6.54 Å². The van der Waals surface area contributed by atoms with Gasteiger partial charge < -0.3 is 5.32 Å². The molecule has 0 spiro atoms. The smallest absolute Gasteiger partial charge is 0.0213 e. The van der Waals surface area contributed by atoms with Crippen LogP contribution in [0.1, 0.15) is 35.6 Å². The molecule has 1 unspecified atom stereocenters. The Labute approximate surface area is 86.5 Å². The first-order valence-corrected chi connectivity index (χ1v) is 5.53. The van der Waals surface area contributed by atoms with Crippen molar-refractivity contribution in [3.8, 4) is 0 Å². The summed E-state index contributed by atoms with van der Waals surface area (Å²) >= 11 is 0. The van der Waals surface area contributed by atoms with E-state index in [1.165, 1.54) is 29.5 Å². The van der Waals surface area contributed by atoms with Crippen LogP contribution in [0.4, 0.5) is 0 Å². The second-order valence-corrected chi connectivity index (χ2v) is 4.41. The third kappa shape index (κ3) is 1.69. The highest BCUT2D eigenvalue weighted by Gasteiger charge is 2.17. The predicted octanol–water partition coefficient (Wildman–Crippen LogP) is 2.73. The fraction of sp³-hybridized carbons (Fsp3) is 0.538. The van der Waals surface area contributed by atoms with Gasteiger partial charge in [-0.2, -0.15) is 0 Å². The van der Waals surface area contributed by atoms with E-state index in [0.29, 0.717) is 6.04 Å². The molecular weight excluding hydrogens is 170 g/mol. The molecule has 76 valence electrons. The minimum Gasteiger partial charge on any atom is -0.310 e. The molecule has 1 atom stereocenters. The van der Waals surface area contributed by atoms with Gasteiger partial charge in [0.15, 0.2) is 0 Å². The highest BCUT2D eigenvalue weighted by Crippen LogP contribution is 2.22. The van der Waals surface area contributed by atoms with Crippen molar-refractivity contribution in [2.45, 2.75) is 46.2 Å². The Morgan fingerprint density at radius 3 is 2.86 bits per heavy atom. The van der Waals surface area contributed by atoms with Crippen molar-refractivity contribution in [1.82, 2.24) is 5.32 Å². The van der Waals surface area contributed by atoms with Gasteiger partial charge in [-0.25, -0.2) is 0 Å². The van der Waals surface area contributed by atoms with Crippen molar-refractivity contribution >= 4 is 0 Å². The molecular formula is C13H19N. The zero-order valence-corrected chi connectivity index (χ0v) is 9.35. The second-order valence-electron chi connectivity index (χ2n) is 4.41. The van der Waals surface area contributed by atoms with Gasteiger partial charge in [0.1, 0.15) is 0 Å². The van der Waals surface area contributed by atoms with Crippen molar-refractivity contribution in [2.24, 2.45) is 0 Å². The van der Waals surface area contributed by atoms with Crippen molar-refractivity contribution in [2.75, 3.05) is 0 Å². The summed E-state index contributed by atoms with van der Waals surface area (Å²) in [6.45, 7) is 7.72. The number of fused-ring (bicyclic) bond motifs is 1. The first-order chi connectivity index (χ1) is 6.70. The van der Waals surface area contributed by atoms with Gasteiger partial charge in [-0.15, -0.1) is 0 Å². The molecule has 0 radical (unpaired) electrons. The molecule has 1 aromatic rings. The first-order valence-electron chi connectivity index (χ1n) is 5.53. The highest BCUT2D eigenvalue weighted by molar-refractivity contribution is 5.40. The third-order valence-electron chi connectivity index (χ3n) is 3.24. The minimum atomic E-state index is 0.684. The fourth-order valence-corrected chi connectivity index (χ4v) is 2.39. The van der Waals surface area contributed by atoms with Gasteiger partial charge in [0.2, 0.25) is 0 Å². The van der Waals surface area contributed by atoms with Crippen LogP contribution in [-0.2, 0) is 13.0 Å². The molecule has 1 nitrogen and oxygen atoms in total. The largest absolute Gasteiger partial charge is 0.310 e. The highest BCUT2D eigenvalue weighted by atomic mass is 14.9. The molecule has 0 fully saturated rings. The van der Waals surface area contributed by atoms with Crippen LogP contribution in [0.3, 0.4) is 0 Å². The van der Waals surface area contributed by atoms with Crippen LogP contribution in [0.15, 0.2) is 12.1 Å². The quantitative estimate of drug-likeness (QED) is 0.716. The maximum atomic E-state index is 3.59. The molecule has 14 heavy (non-hydrogen) atoms. The summed E-state index contributed by atoms with van der Waals surface area (Å²) in [6.07, 6.45) is 2.43. The van der Waals surface area contributed by atoms with Crippen LogP contribution in [0.5, 0.6) is 0 Å². The van der Waals surface area contributed by atoms with E-state index in [1.807, 2.05) is 0 Å². The molecule has 0 bridgehead atoms. The molecule has 1 heterocycles. The average molecular weight is 189 g/mol. The van der Waals surface area contributed by atoms with E-state index in [2.05, 4.69) is 38.2 Å². The van der Waals surface area contributed by atoms with E-state index in [1.54, 1.807) is 5.56 Å². The molecule has 1 aliphatic heterocycles. The Hall–Kier alpha value is -0.820. The lowest BCUT2D eigenvalue weighted by atomic mass is 9.90. The summed E-state index contributed by atoms with van der Waals surface area (Å²) in [7, 11) is 0. The van der Waals surface area contributed by atoms with Crippen LogP contribution in [0.25, 0.3) is 0 Å². The number of hydrogen-bond acceptors (Lipinski definition) is 1. The standard InChI is InChI=1S/C13H19N/c1-4-12-7-11-6-9(2)5-10(3)13(11)8-14-12/h5-6,12,14H,4,7-8H2,1-3H3. The SMILES string of the molecule is CCC1Cc2cc(C)cc(C)c2CN1. The molecule has 0 aromatic heterocycles. The molecule has 0 amide bonds. The van der Waals surface area contributed by atoms with Crippen LogP contribution >= 0.6 is 0 Å². The number of rotatable bonds is 1. The van der Waals surface area contributed by atoms with Gasteiger partial charge in [0.25, 0.3) is 0 Å². The molecule has 2 rings (SSSR count). The van der Waals surface area contributed by atoms with E-state index < -0.39 is 0 Å². The van der Waals surface area contributed by atoms with E-state index in [-0.39, 0.29) is 0 Å². The summed E-state index contributed by atoms with van der Waals surface area (Å²) in [4.78, 5) is 0. The third-order valence-corrected chi connectivity index (χ3v) is 3.24. The Balaban J connectivity index is 2.37. The molecule has 1 heteroatoms. The van der Waals surface area contributed by atoms with Crippen LogP contribution < -0.4 is 5.32 Å². The van der Waals surface area contributed by atoms with E-state index in [9.17, 15) is 0 Å². The van der Waals surface area contributed by atoms with E-state index in [4.69, 9.17) is 0 Å². The molecule has 0 aliphatic carbocycles. The summed E-state index contributed by atoms with van der Waals surface area (Å²) in [6, 6.07) is 5.32. The fourth-order valence-electron chi connectivity index (χ4n) is 2.39. The van der Waals surface area contributed by atoms with Crippen LogP contribution in [0.2, 0.25) is 0 Å². The van der Waals surface area contributed by atoms with Crippen LogP contribution in [-0.4, -0.2) is 6.04 Å². The molecule has 1 N–H and O–H groups in total. The molecule has 0 saturated carbocycles. The maximum Gasteiger partial charge on any atom is 0.0213 e. The van der Waals surface area contributed by atoms with Crippen molar-refractivity contribution < 1.29 is 0 Å². The Morgan fingerprint density at radius 1 is 1.36 bits per heavy atom. The Kier molecular flexibility index (Phi) is 2.60. The Morgan fingerprint density at radius 2 is 2.14 bits per heavy atom. The predicted molar refractivity (Wildman–Crippen MR) is 60.5 cm³/mol. The van der Waals surface area contributed by atoms with Gasteiger partial charge in [-0.3, -0.25) is 0 Å². The van der Waals surface area contributed by atoms with Gasteiger partial charge in [0.05, 0.1) is 0 Å². The molecule has 0 saturated heterocycles. The zero-order valence-electron chi connectivity index (χ0n) is 9.35. The molecule has 1 aromatic carbocycles. The summed E-state index contributed by atoms with van der Waals surface area (Å²) < 4.78 is 0.